The minimum atomic E-state index is -0.931. The number of hydrogen-bond donors (Lipinski definition) is 0. The molecule has 0 amide bonds. The number of rotatable bonds is 16. The molecule has 0 bridgehead atoms. The van der Waals surface area contributed by atoms with Gasteiger partial charge in [0.2, 0.25) is 0 Å². The predicted octanol–water partition coefficient (Wildman–Crippen LogP) is 2.05. The van der Waals surface area contributed by atoms with Crippen molar-refractivity contribution in [2.24, 2.45) is 11.8 Å². The fourth-order valence-corrected chi connectivity index (χ4v) is 2.47. The number of esters is 4. The fraction of sp³-hybridized carbons (Fsp3) is 0.800. The molecule has 0 aliphatic carbocycles. The Morgan fingerprint density at radius 1 is 0.621 bits per heavy atom. The lowest BCUT2D eigenvalue weighted by Gasteiger charge is -2.14. The third kappa shape index (κ3) is 11.4. The fourth-order valence-electron chi connectivity index (χ4n) is 2.47. The number of hydrogen-bond acceptors (Lipinski definition) is 9. The summed E-state index contributed by atoms with van der Waals surface area (Å²) in [5.41, 5.74) is 0. The molecule has 0 N–H and O–H groups in total. The van der Waals surface area contributed by atoms with E-state index in [1.807, 2.05) is 13.8 Å². The monoisotopic (exact) mass is 418 g/mol. The van der Waals surface area contributed by atoms with Crippen molar-refractivity contribution in [3.8, 4) is 0 Å². The zero-order valence-corrected chi connectivity index (χ0v) is 17.9. The molecule has 2 atom stereocenters. The van der Waals surface area contributed by atoms with Crippen LogP contribution >= 0.6 is 0 Å². The maximum Gasteiger partial charge on any atom is 0.320 e. The van der Waals surface area contributed by atoms with Crippen LogP contribution in [0.5, 0.6) is 0 Å². The average Bonchev–Trinajstić information content (AvgIpc) is 2.72. The van der Waals surface area contributed by atoms with Gasteiger partial charge in [0, 0.05) is 0 Å². The zero-order valence-electron chi connectivity index (χ0n) is 17.9. The van der Waals surface area contributed by atoms with E-state index in [0.717, 1.165) is 12.8 Å². The van der Waals surface area contributed by atoms with E-state index in [1.165, 1.54) is 14.2 Å². The first-order valence-corrected chi connectivity index (χ1v) is 9.99. The molecule has 0 aromatic carbocycles. The first-order valence-electron chi connectivity index (χ1n) is 9.99. The third-order valence-corrected chi connectivity index (χ3v) is 4.18. The minimum Gasteiger partial charge on any atom is -0.468 e. The topological polar surface area (TPSA) is 114 Å². The van der Waals surface area contributed by atoms with Gasteiger partial charge in [-0.2, -0.15) is 0 Å². The van der Waals surface area contributed by atoms with Crippen LogP contribution < -0.4 is 0 Å². The average molecular weight is 418 g/mol. The smallest absolute Gasteiger partial charge is 0.320 e. The van der Waals surface area contributed by atoms with Gasteiger partial charge in [-0.15, -0.1) is 0 Å². The Labute approximate surface area is 172 Å². The quantitative estimate of drug-likeness (QED) is 0.161. The Hall–Kier alpha value is -2.16. The summed E-state index contributed by atoms with van der Waals surface area (Å²) in [6.45, 7) is 4.01. The normalized spacial score (nSPS) is 12.6. The van der Waals surface area contributed by atoms with Gasteiger partial charge in [-0.05, 0) is 12.8 Å². The van der Waals surface area contributed by atoms with Crippen LogP contribution in [0.4, 0.5) is 0 Å². The van der Waals surface area contributed by atoms with Crippen LogP contribution in [0.1, 0.15) is 52.4 Å². The summed E-state index contributed by atoms with van der Waals surface area (Å²) in [7, 11) is 2.46. The highest BCUT2D eigenvalue weighted by atomic mass is 16.6. The van der Waals surface area contributed by atoms with Crippen molar-refractivity contribution >= 4 is 23.9 Å². The molecular weight excluding hydrogens is 384 g/mol. The summed E-state index contributed by atoms with van der Waals surface area (Å²) in [4.78, 5) is 47.3. The second kappa shape index (κ2) is 16.8. The SMILES string of the molecule is CCCCC(C(=O)OC)C(=O)OCCOCCOC(=O)C(CCCC)C(=O)OC. The van der Waals surface area contributed by atoms with E-state index in [0.29, 0.717) is 25.7 Å². The molecule has 2 unspecified atom stereocenters. The molecule has 0 spiro atoms. The maximum absolute atomic E-state index is 12.0. The van der Waals surface area contributed by atoms with Crippen molar-refractivity contribution in [1.82, 2.24) is 0 Å². The number of carbonyl (C=O) groups excluding carboxylic acids is 4. The Bertz CT molecular complexity index is 460. The Morgan fingerprint density at radius 2 is 1.00 bits per heavy atom. The number of methoxy groups -OCH3 is 2. The van der Waals surface area contributed by atoms with Gasteiger partial charge in [0.1, 0.15) is 13.2 Å². The molecule has 0 aliphatic rings. The van der Waals surface area contributed by atoms with Gasteiger partial charge < -0.3 is 23.7 Å². The Balaban J connectivity index is 4.10. The van der Waals surface area contributed by atoms with Gasteiger partial charge in [0.25, 0.3) is 0 Å². The van der Waals surface area contributed by atoms with Crippen molar-refractivity contribution in [2.75, 3.05) is 40.6 Å². The highest BCUT2D eigenvalue weighted by Gasteiger charge is 2.29. The van der Waals surface area contributed by atoms with E-state index in [1.54, 1.807) is 0 Å². The summed E-state index contributed by atoms with van der Waals surface area (Å²) in [6, 6.07) is 0. The highest BCUT2D eigenvalue weighted by Crippen LogP contribution is 2.13. The van der Waals surface area contributed by atoms with E-state index >= 15 is 0 Å². The van der Waals surface area contributed by atoms with Crippen molar-refractivity contribution in [2.45, 2.75) is 52.4 Å². The second-order valence-corrected chi connectivity index (χ2v) is 6.38. The van der Waals surface area contributed by atoms with E-state index in [-0.39, 0.29) is 26.4 Å². The van der Waals surface area contributed by atoms with Gasteiger partial charge in [-0.1, -0.05) is 39.5 Å². The molecule has 0 rings (SSSR count). The van der Waals surface area contributed by atoms with Crippen molar-refractivity contribution in [1.29, 1.82) is 0 Å². The summed E-state index contributed by atoms with van der Waals surface area (Å²) in [5, 5.41) is 0. The number of ether oxygens (including phenoxy) is 5. The van der Waals surface area contributed by atoms with Crippen molar-refractivity contribution in [3.05, 3.63) is 0 Å². The molecule has 168 valence electrons. The summed E-state index contributed by atoms with van der Waals surface area (Å²) in [6.07, 6.45) is 3.86. The first kappa shape index (κ1) is 26.8. The van der Waals surface area contributed by atoms with Gasteiger partial charge >= 0.3 is 23.9 Å². The van der Waals surface area contributed by atoms with Crippen LogP contribution in [-0.2, 0) is 42.9 Å². The van der Waals surface area contributed by atoms with Crippen LogP contribution in [0.15, 0.2) is 0 Å². The molecule has 9 nitrogen and oxygen atoms in total. The lowest BCUT2D eigenvalue weighted by molar-refractivity contribution is -0.162. The summed E-state index contributed by atoms with van der Waals surface area (Å²) < 4.78 is 24.6. The molecule has 29 heavy (non-hydrogen) atoms. The van der Waals surface area contributed by atoms with Gasteiger partial charge in [0.15, 0.2) is 11.8 Å². The maximum atomic E-state index is 12.0. The molecule has 0 aromatic heterocycles. The van der Waals surface area contributed by atoms with Crippen molar-refractivity contribution < 1.29 is 42.9 Å². The van der Waals surface area contributed by atoms with Crippen molar-refractivity contribution in [3.63, 3.8) is 0 Å². The summed E-state index contributed by atoms with van der Waals surface area (Å²) >= 11 is 0. The van der Waals surface area contributed by atoms with Gasteiger partial charge in [-0.3, -0.25) is 19.2 Å². The molecule has 0 aromatic rings. The van der Waals surface area contributed by atoms with E-state index < -0.39 is 35.7 Å². The summed E-state index contributed by atoms with van der Waals surface area (Å²) in [5.74, 6) is -4.37. The van der Waals surface area contributed by atoms with Crippen LogP contribution in [-0.4, -0.2) is 64.5 Å². The molecule has 0 aliphatic heterocycles. The minimum absolute atomic E-state index is 0.0340. The third-order valence-electron chi connectivity index (χ3n) is 4.18. The standard InChI is InChI=1S/C20H34O9/c1-5-7-9-15(17(21)25-3)19(23)28-13-11-27-12-14-29-20(24)16(10-8-6-2)18(22)26-4/h15-16H,5-14H2,1-4H3. The molecule has 0 saturated carbocycles. The molecule has 0 fully saturated rings. The molecule has 0 heterocycles. The van der Waals surface area contributed by atoms with Gasteiger partial charge in [0.05, 0.1) is 27.4 Å². The van der Waals surface area contributed by atoms with E-state index in [2.05, 4.69) is 9.47 Å². The zero-order chi connectivity index (χ0) is 22.1. The lowest BCUT2D eigenvalue weighted by atomic mass is 10.0. The molecular formula is C20H34O9. The molecule has 9 heteroatoms. The Morgan fingerprint density at radius 3 is 1.31 bits per heavy atom. The first-order chi connectivity index (χ1) is 13.9. The van der Waals surface area contributed by atoms with Crippen LogP contribution in [0.3, 0.4) is 0 Å². The van der Waals surface area contributed by atoms with Crippen LogP contribution in [0, 0.1) is 11.8 Å². The molecule has 0 radical (unpaired) electrons. The van der Waals surface area contributed by atoms with E-state index in [4.69, 9.17) is 14.2 Å². The largest absolute Gasteiger partial charge is 0.468 e. The predicted molar refractivity (Wildman–Crippen MR) is 103 cm³/mol. The molecule has 0 saturated heterocycles. The van der Waals surface area contributed by atoms with Crippen LogP contribution in [0.25, 0.3) is 0 Å². The highest BCUT2D eigenvalue weighted by molar-refractivity contribution is 5.95. The van der Waals surface area contributed by atoms with Crippen LogP contribution in [0.2, 0.25) is 0 Å². The number of unbranched alkanes of at least 4 members (excludes halogenated alkanes) is 2. The lowest BCUT2D eigenvalue weighted by Crippen LogP contribution is -2.29. The Kier molecular flexibility index (Phi) is 15.5. The second-order valence-electron chi connectivity index (χ2n) is 6.38. The number of carbonyl (C=O) groups is 4. The van der Waals surface area contributed by atoms with Gasteiger partial charge in [-0.25, -0.2) is 0 Å². The van der Waals surface area contributed by atoms with E-state index in [9.17, 15) is 19.2 Å².